The van der Waals surface area contributed by atoms with Crippen molar-refractivity contribution in [3.8, 4) is 0 Å². The molecule has 0 bridgehead atoms. The van der Waals surface area contributed by atoms with Gasteiger partial charge in [0.25, 0.3) is 0 Å². The summed E-state index contributed by atoms with van der Waals surface area (Å²) in [6.07, 6.45) is 6.29. The summed E-state index contributed by atoms with van der Waals surface area (Å²) < 4.78 is 0. The van der Waals surface area contributed by atoms with E-state index in [0.29, 0.717) is 12.6 Å². The fourth-order valence-electron chi connectivity index (χ4n) is 1.78. The summed E-state index contributed by atoms with van der Waals surface area (Å²) in [6, 6.07) is 0.485. The molecular formula is C13H27NO2. The third kappa shape index (κ3) is 6.83. The molecule has 0 radical (unpaired) electrons. The van der Waals surface area contributed by atoms with Gasteiger partial charge in [0.15, 0.2) is 0 Å². The van der Waals surface area contributed by atoms with Gasteiger partial charge in [-0.15, -0.1) is 0 Å². The molecule has 0 rings (SSSR count). The van der Waals surface area contributed by atoms with Crippen molar-refractivity contribution in [1.82, 2.24) is 4.90 Å². The summed E-state index contributed by atoms with van der Waals surface area (Å²) in [7, 11) is 2.02. The third-order valence-electron chi connectivity index (χ3n) is 3.21. The molecule has 3 heteroatoms. The van der Waals surface area contributed by atoms with E-state index in [-0.39, 0.29) is 5.92 Å². The highest BCUT2D eigenvalue weighted by Crippen LogP contribution is 2.11. The minimum Gasteiger partial charge on any atom is -0.481 e. The SMILES string of the molecule is CCCCCCC(C)N(C)CC(C)C(=O)O. The van der Waals surface area contributed by atoms with Gasteiger partial charge in [-0.1, -0.05) is 39.5 Å². The molecule has 2 atom stereocenters. The first kappa shape index (κ1) is 15.4. The zero-order chi connectivity index (χ0) is 12.6. The number of nitrogens with zero attached hydrogens (tertiary/aromatic N) is 1. The van der Waals surface area contributed by atoms with E-state index in [1.54, 1.807) is 6.92 Å². The summed E-state index contributed by atoms with van der Waals surface area (Å²) >= 11 is 0. The van der Waals surface area contributed by atoms with E-state index in [1.165, 1.54) is 32.1 Å². The van der Waals surface area contributed by atoms with Crippen molar-refractivity contribution in [2.75, 3.05) is 13.6 Å². The maximum Gasteiger partial charge on any atom is 0.307 e. The van der Waals surface area contributed by atoms with Gasteiger partial charge in [0, 0.05) is 12.6 Å². The first-order chi connectivity index (χ1) is 7.49. The molecule has 16 heavy (non-hydrogen) atoms. The summed E-state index contributed by atoms with van der Waals surface area (Å²) in [4.78, 5) is 12.9. The second-order valence-corrected chi connectivity index (χ2v) is 4.88. The van der Waals surface area contributed by atoms with Crippen molar-refractivity contribution in [1.29, 1.82) is 0 Å². The highest BCUT2D eigenvalue weighted by Gasteiger charge is 2.16. The van der Waals surface area contributed by atoms with Gasteiger partial charge in [0.2, 0.25) is 0 Å². The number of hydrogen-bond acceptors (Lipinski definition) is 2. The van der Waals surface area contributed by atoms with Gasteiger partial charge in [-0.05, 0) is 20.4 Å². The summed E-state index contributed by atoms with van der Waals surface area (Å²) in [5.74, 6) is -0.979. The minimum absolute atomic E-state index is 0.275. The van der Waals surface area contributed by atoms with Gasteiger partial charge >= 0.3 is 5.97 Å². The van der Waals surface area contributed by atoms with Crippen molar-refractivity contribution >= 4 is 5.97 Å². The van der Waals surface area contributed by atoms with Crippen molar-refractivity contribution in [3.63, 3.8) is 0 Å². The Morgan fingerprint density at radius 2 is 1.88 bits per heavy atom. The van der Waals surface area contributed by atoms with Crippen LogP contribution in [-0.2, 0) is 4.79 Å². The molecule has 0 aliphatic heterocycles. The maximum absolute atomic E-state index is 10.7. The highest BCUT2D eigenvalue weighted by molar-refractivity contribution is 5.69. The Bertz CT molecular complexity index is 194. The second-order valence-electron chi connectivity index (χ2n) is 4.88. The Morgan fingerprint density at radius 3 is 2.38 bits per heavy atom. The van der Waals surface area contributed by atoms with Crippen LogP contribution in [0.2, 0.25) is 0 Å². The van der Waals surface area contributed by atoms with Gasteiger partial charge in [-0.3, -0.25) is 4.79 Å². The summed E-state index contributed by atoms with van der Waals surface area (Å²) in [5, 5.41) is 8.83. The lowest BCUT2D eigenvalue weighted by Crippen LogP contribution is -2.35. The molecule has 96 valence electrons. The van der Waals surface area contributed by atoms with Crippen LogP contribution in [0, 0.1) is 5.92 Å². The number of carboxylic acids is 1. The van der Waals surface area contributed by atoms with Crippen LogP contribution < -0.4 is 0 Å². The van der Waals surface area contributed by atoms with Crippen molar-refractivity contribution in [3.05, 3.63) is 0 Å². The molecule has 0 fully saturated rings. The normalized spacial score (nSPS) is 15.1. The van der Waals surface area contributed by atoms with Crippen LogP contribution in [-0.4, -0.2) is 35.6 Å². The standard InChI is InChI=1S/C13H27NO2/c1-5-6-7-8-9-12(3)14(4)10-11(2)13(15)16/h11-12H,5-10H2,1-4H3,(H,15,16). The molecule has 3 nitrogen and oxygen atoms in total. The molecule has 0 amide bonds. The Hall–Kier alpha value is -0.570. The molecule has 0 aliphatic carbocycles. The van der Waals surface area contributed by atoms with E-state index in [2.05, 4.69) is 18.7 Å². The van der Waals surface area contributed by atoms with Crippen LogP contribution in [0.1, 0.15) is 52.9 Å². The smallest absolute Gasteiger partial charge is 0.307 e. The lowest BCUT2D eigenvalue weighted by Gasteiger charge is -2.26. The van der Waals surface area contributed by atoms with Crippen molar-refractivity contribution < 1.29 is 9.90 Å². The highest BCUT2D eigenvalue weighted by atomic mass is 16.4. The average molecular weight is 229 g/mol. The Labute approximate surface area is 99.8 Å². The fraction of sp³-hybridized carbons (Fsp3) is 0.923. The Balaban J connectivity index is 3.72. The largest absolute Gasteiger partial charge is 0.481 e. The van der Waals surface area contributed by atoms with Gasteiger partial charge in [-0.2, -0.15) is 0 Å². The third-order valence-corrected chi connectivity index (χ3v) is 3.21. The molecule has 0 spiro atoms. The molecule has 0 aromatic rings. The number of rotatable bonds is 9. The lowest BCUT2D eigenvalue weighted by atomic mass is 10.1. The molecular weight excluding hydrogens is 202 g/mol. The minimum atomic E-state index is -0.704. The lowest BCUT2D eigenvalue weighted by molar-refractivity contribution is -0.141. The van der Waals surface area contributed by atoms with E-state index < -0.39 is 5.97 Å². The number of carbonyl (C=O) groups is 1. The quantitative estimate of drug-likeness (QED) is 0.618. The fourth-order valence-corrected chi connectivity index (χ4v) is 1.78. The topological polar surface area (TPSA) is 40.5 Å². The molecule has 1 N–H and O–H groups in total. The van der Waals surface area contributed by atoms with E-state index >= 15 is 0 Å². The molecule has 0 heterocycles. The van der Waals surface area contributed by atoms with Crippen LogP contribution in [0.3, 0.4) is 0 Å². The number of hydrogen-bond donors (Lipinski definition) is 1. The van der Waals surface area contributed by atoms with E-state index in [9.17, 15) is 4.79 Å². The monoisotopic (exact) mass is 229 g/mol. The number of carboxylic acid groups (broad SMARTS) is 1. The summed E-state index contributed by atoms with van der Waals surface area (Å²) in [5.41, 5.74) is 0. The maximum atomic E-state index is 10.7. The Morgan fingerprint density at radius 1 is 1.25 bits per heavy atom. The van der Waals surface area contributed by atoms with Crippen molar-refractivity contribution in [2.24, 2.45) is 5.92 Å². The average Bonchev–Trinajstić information content (AvgIpc) is 2.23. The molecule has 0 aliphatic rings. The summed E-state index contributed by atoms with van der Waals surface area (Å²) in [6.45, 7) is 6.80. The van der Waals surface area contributed by atoms with Gasteiger partial charge < -0.3 is 10.0 Å². The zero-order valence-electron chi connectivity index (χ0n) is 11.2. The van der Waals surface area contributed by atoms with Gasteiger partial charge in [-0.25, -0.2) is 0 Å². The van der Waals surface area contributed by atoms with Crippen LogP contribution in [0.5, 0.6) is 0 Å². The molecule has 0 aromatic carbocycles. The zero-order valence-corrected chi connectivity index (χ0v) is 11.2. The van der Waals surface area contributed by atoms with Crippen LogP contribution >= 0.6 is 0 Å². The first-order valence-corrected chi connectivity index (χ1v) is 6.42. The van der Waals surface area contributed by atoms with Gasteiger partial charge in [0.1, 0.15) is 0 Å². The number of unbranched alkanes of at least 4 members (excludes halogenated alkanes) is 3. The van der Waals surface area contributed by atoms with E-state index in [1.807, 2.05) is 7.05 Å². The van der Waals surface area contributed by atoms with Crippen molar-refractivity contribution in [2.45, 2.75) is 58.9 Å². The second kappa shape index (κ2) is 8.57. The predicted octanol–water partition coefficient (Wildman–Crippen LogP) is 3.00. The first-order valence-electron chi connectivity index (χ1n) is 6.42. The number of aliphatic carboxylic acids is 1. The van der Waals surface area contributed by atoms with E-state index in [4.69, 9.17) is 5.11 Å². The predicted molar refractivity (Wildman–Crippen MR) is 67.7 cm³/mol. The van der Waals surface area contributed by atoms with E-state index in [0.717, 1.165) is 0 Å². The van der Waals surface area contributed by atoms with Crippen LogP contribution in [0.4, 0.5) is 0 Å². The molecule has 0 aromatic heterocycles. The molecule has 0 saturated carbocycles. The molecule has 2 unspecified atom stereocenters. The van der Waals surface area contributed by atoms with Gasteiger partial charge in [0.05, 0.1) is 5.92 Å². The molecule has 0 saturated heterocycles. The van der Waals surface area contributed by atoms with Crippen LogP contribution in [0.25, 0.3) is 0 Å². The Kier molecular flexibility index (Phi) is 8.26. The van der Waals surface area contributed by atoms with Crippen LogP contribution in [0.15, 0.2) is 0 Å².